The van der Waals surface area contributed by atoms with Gasteiger partial charge in [-0.05, 0) is 29.7 Å². The molecule has 0 saturated carbocycles. The Balaban J connectivity index is 1.47. The molecular weight excluding hydrogens is 366 g/mol. The van der Waals surface area contributed by atoms with E-state index in [0.29, 0.717) is 24.4 Å². The molecule has 2 N–H and O–H groups in total. The zero-order chi connectivity index (χ0) is 19.2. The molecule has 2 aromatic carbocycles. The molecule has 1 aliphatic heterocycles. The maximum Gasteiger partial charge on any atom is 0.325 e. The number of carbonyl (C=O) groups is 3. The maximum absolute atomic E-state index is 12.4. The summed E-state index contributed by atoms with van der Waals surface area (Å²) in [6.07, 6.45) is 1.04. The number of imide groups is 1. The number of nitrogens with zero attached hydrogens (tertiary/aromatic N) is 1. The van der Waals surface area contributed by atoms with Gasteiger partial charge in [0.25, 0.3) is 5.91 Å². The predicted octanol–water partition coefficient (Wildman–Crippen LogP) is 2.16. The van der Waals surface area contributed by atoms with Gasteiger partial charge in [-0.3, -0.25) is 14.5 Å². The normalized spacial score (nSPS) is 16.3. The molecule has 0 bridgehead atoms. The molecule has 0 aromatic heterocycles. The van der Waals surface area contributed by atoms with Crippen LogP contribution in [-0.4, -0.2) is 41.9 Å². The Morgan fingerprint density at radius 2 is 1.74 bits per heavy atom. The average molecular weight is 386 g/mol. The fourth-order valence-electron chi connectivity index (χ4n) is 2.91. The van der Waals surface area contributed by atoms with Crippen LogP contribution in [0.4, 0.5) is 4.79 Å². The van der Waals surface area contributed by atoms with Crippen molar-refractivity contribution in [3.05, 3.63) is 70.7 Å². The Morgan fingerprint density at radius 1 is 1.04 bits per heavy atom. The van der Waals surface area contributed by atoms with Crippen LogP contribution in [0, 0.1) is 0 Å². The fourth-order valence-corrected chi connectivity index (χ4v) is 3.04. The highest BCUT2D eigenvalue weighted by Crippen LogP contribution is 2.12. The van der Waals surface area contributed by atoms with Crippen LogP contribution in [0.1, 0.15) is 11.1 Å². The molecule has 1 saturated heterocycles. The standard InChI is InChI=1S/C20H20ClN3O3/c21-16-8-6-14(7-9-16)10-11-22-18(25)13-24-19(26)17(23-20(24)27)12-15-4-2-1-3-5-15/h1-9,17H,10-13H2,(H,22,25)(H,23,27)/t17-/m0/s1. The molecule has 0 aliphatic carbocycles. The Labute approximate surface area is 162 Å². The lowest BCUT2D eigenvalue weighted by molar-refractivity contribution is -0.132. The molecule has 1 aliphatic rings. The average Bonchev–Trinajstić information content (AvgIpc) is 2.92. The fraction of sp³-hybridized carbons (Fsp3) is 0.250. The second-order valence-corrected chi connectivity index (χ2v) is 6.78. The van der Waals surface area contributed by atoms with Crippen molar-refractivity contribution < 1.29 is 14.4 Å². The minimum absolute atomic E-state index is 0.281. The first-order valence-corrected chi connectivity index (χ1v) is 9.07. The first-order valence-electron chi connectivity index (χ1n) is 8.70. The van der Waals surface area contributed by atoms with E-state index in [2.05, 4.69) is 10.6 Å². The van der Waals surface area contributed by atoms with Gasteiger partial charge in [0.15, 0.2) is 0 Å². The maximum atomic E-state index is 12.4. The van der Waals surface area contributed by atoms with E-state index in [0.717, 1.165) is 16.0 Å². The van der Waals surface area contributed by atoms with E-state index in [4.69, 9.17) is 11.6 Å². The molecule has 1 fully saturated rings. The van der Waals surface area contributed by atoms with Crippen molar-refractivity contribution in [2.24, 2.45) is 0 Å². The number of rotatable bonds is 7. The monoisotopic (exact) mass is 385 g/mol. The molecule has 140 valence electrons. The molecule has 4 amide bonds. The molecule has 0 radical (unpaired) electrons. The van der Waals surface area contributed by atoms with E-state index in [1.54, 1.807) is 12.1 Å². The predicted molar refractivity (Wildman–Crippen MR) is 102 cm³/mol. The van der Waals surface area contributed by atoms with Crippen molar-refractivity contribution in [2.75, 3.05) is 13.1 Å². The smallest absolute Gasteiger partial charge is 0.325 e. The van der Waals surface area contributed by atoms with Gasteiger partial charge in [-0.15, -0.1) is 0 Å². The quantitative estimate of drug-likeness (QED) is 0.717. The van der Waals surface area contributed by atoms with Gasteiger partial charge in [-0.2, -0.15) is 0 Å². The molecule has 3 rings (SSSR count). The van der Waals surface area contributed by atoms with Crippen molar-refractivity contribution in [2.45, 2.75) is 18.9 Å². The number of hydrogen-bond donors (Lipinski definition) is 2. The highest BCUT2D eigenvalue weighted by Gasteiger charge is 2.38. The highest BCUT2D eigenvalue weighted by molar-refractivity contribution is 6.30. The van der Waals surface area contributed by atoms with Crippen LogP contribution < -0.4 is 10.6 Å². The molecule has 7 heteroatoms. The number of nitrogens with one attached hydrogen (secondary N) is 2. The van der Waals surface area contributed by atoms with E-state index in [1.165, 1.54) is 0 Å². The third-order valence-corrected chi connectivity index (χ3v) is 4.59. The minimum atomic E-state index is -0.637. The van der Waals surface area contributed by atoms with Gasteiger partial charge < -0.3 is 10.6 Å². The summed E-state index contributed by atoms with van der Waals surface area (Å²) in [6, 6.07) is 15.6. The summed E-state index contributed by atoms with van der Waals surface area (Å²) in [7, 11) is 0. The topological polar surface area (TPSA) is 78.5 Å². The van der Waals surface area contributed by atoms with Crippen molar-refractivity contribution >= 4 is 29.4 Å². The van der Waals surface area contributed by atoms with Crippen LogP contribution in [0.2, 0.25) is 5.02 Å². The number of amides is 4. The van der Waals surface area contributed by atoms with Crippen LogP contribution in [0.15, 0.2) is 54.6 Å². The second kappa shape index (κ2) is 8.68. The molecule has 0 spiro atoms. The molecule has 1 heterocycles. The Bertz CT molecular complexity index is 824. The zero-order valence-electron chi connectivity index (χ0n) is 14.7. The van der Waals surface area contributed by atoms with Crippen molar-refractivity contribution in [3.8, 4) is 0 Å². The minimum Gasteiger partial charge on any atom is -0.354 e. The van der Waals surface area contributed by atoms with Gasteiger partial charge in [0.2, 0.25) is 5.91 Å². The zero-order valence-corrected chi connectivity index (χ0v) is 15.4. The van der Waals surface area contributed by atoms with Crippen molar-refractivity contribution in [1.82, 2.24) is 15.5 Å². The summed E-state index contributed by atoms with van der Waals surface area (Å²) in [5, 5.41) is 6.03. The van der Waals surface area contributed by atoms with E-state index in [-0.39, 0.29) is 18.4 Å². The summed E-state index contributed by atoms with van der Waals surface area (Å²) in [4.78, 5) is 37.5. The number of hydrogen-bond acceptors (Lipinski definition) is 3. The number of halogens is 1. The van der Waals surface area contributed by atoms with E-state index in [1.807, 2.05) is 42.5 Å². The lowest BCUT2D eigenvalue weighted by Gasteiger charge is -2.13. The summed E-state index contributed by atoms with van der Waals surface area (Å²) in [5.74, 6) is -0.746. The summed E-state index contributed by atoms with van der Waals surface area (Å²) >= 11 is 5.84. The largest absolute Gasteiger partial charge is 0.354 e. The summed E-state index contributed by atoms with van der Waals surface area (Å²) in [5.41, 5.74) is 1.99. The van der Waals surface area contributed by atoms with E-state index < -0.39 is 12.1 Å². The van der Waals surface area contributed by atoms with E-state index >= 15 is 0 Å². The molecule has 1 atom stereocenters. The van der Waals surface area contributed by atoms with Crippen LogP contribution in [-0.2, 0) is 22.4 Å². The van der Waals surface area contributed by atoms with Gasteiger partial charge in [0.05, 0.1) is 0 Å². The molecular formula is C20H20ClN3O3. The Kier molecular flexibility index (Phi) is 6.08. The van der Waals surface area contributed by atoms with Gasteiger partial charge in [0, 0.05) is 18.0 Å². The first kappa shape index (κ1) is 18.9. The molecule has 2 aromatic rings. The van der Waals surface area contributed by atoms with Crippen LogP contribution in [0.3, 0.4) is 0 Å². The van der Waals surface area contributed by atoms with Crippen molar-refractivity contribution in [3.63, 3.8) is 0 Å². The highest BCUT2D eigenvalue weighted by atomic mass is 35.5. The summed E-state index contributed by atoms with van der Waals surface area (Å²) < 4.78 is 0. The second-order valence-electron chi connectivity index (χ2n) is 6.34. The Morgan fingerprint density at radius 3 is 2.44 bits per heavy atom. The number of urea groups is 1. The lowest BCUT2D eigenvalue weighted by Crippen LogP contribution is -2.41. The van der Waals surface area contributed by atoms with E-state index in [9.17, 15) is 14.4 Å². The molecule has 0 unspecified atom stereocenters. The van der Waals surface area contributed by atoms with Gasteiger partial charge in [-0.25, -0.2) is 4.79 Å². The summed E-state index contributed by atoms with van der Waals surface area (Å²) in [6.45, 7) is 0.133. The van der Waals surface area contributed by atoms with Crippen LogP contribution in [0.25, 0.3) is 0 Å². The first-order chi connectivity index (χ1) is 13.0. The van der Waals surface area contributed by atoms with Gasteiger partial charge in [0.1, 0.15) is 12.6 Å². The van der Waals surface area contributed by atoms with Crippen LogP contribution in [0.5, 0.6) is 0 Å². The van der Waals surface area contributed by atoms with Crippen molar-refractivity contribution in [1.29, 1.82) is 0 Å². The van der Waals surface area contributed by atoms with Gasteiger partial charge >= 0.3 is 6.03 Å². The molecule has 6 nitrogen and oxygen atoms in total. The number of benzene rings is 2. The lowest BCUT2D eigenvalue weighted by atomic mass is 10.1. The third-order valence-electron chi connectivity index (χ3n) is 4.34. The molecule has 27 heavy (non-hydrogen) atoms. The third kappa shape index (κ3) is 5.08. The Hall–Kier alpha value is -2.86. The number of carbonyl (C=O) groups excluding carboxylic acids is 3. The van der Waals surface area contributed by atoms with Gasteiger partial charge in [-0.1, -0.05) is 54.1 Å². The SMILES string of the molecule is O=C(CN1C(=O)N[C@@H](Cc2ccccc2)C1=O)NCCc1ccc(Cl)cc1. The van der Waals surface area contributed by atoms with Crippen LogP contribution >= 0.6 is 11.6 Å².